The van der Waals surface area contributed by atoms with E-state index >= 15 is 0 Å². The Kier molecular flexibility index (Phi) is 12.3. The highest BCUT2D eigenvalue weighted by Gasteiger charge is 2.43. The highest BCUT2D eigenvalue weighted by atomic mass is 16.7. The van der Waals surface area contributed by atoms with E-state index in [1.165, 1.54) is 38.5 Å². The fourth-order valence-electron chi connectivity index (χ4n) is 2.88. The van der Waals surface area contributed by atoms with E-state index in [9.17, 15) is 15.3 Å². The largest absolute Gasteiger partial charge is 0.394 e. The number of hydrogen-bond acceptors (Lipinski definition) is 6. The Hall–Kier alpha value is -0.500. The van der Waals surface area contributed by atoms with Crippen molar-refractivity contribution in [3.05, 3.63) is 12.2 Å². The number of aliphatic hydroxyl groups is 4. The number of unbranched alkanes of at least 4 members (excludes halogenated alkanes) is 7. The molecule has 0 aromatic carbocycles. The monoisotopic (exact) mass is 360 g/mol. The summed E-state index contributed by atoms with van der Waals surface area (Å²) in [6.45, 7) is 2.17. The topological polar surface area (TPSA) is 99.4 Å². The van der Waals surface area contributed by atoms with Crippen LogP contribution in [0.5, 0.6) is 0 Å². The highest BCUT2D eigenvalue weighted by Crippen LogP contribution is 2.22. The second kappa shape index (κ2) is 13.7. The van der Waals surface area contributed by atoms with Gasteiger partial charge in [0.25, 0.3) is 0 Å². The smallest absolute Gasteiger partial charge is 0.186 e. The zero-order chi connectivity index (χ0) is 18.5. The molecule has 1 fully saturated rings. The van der Waals surface area contributed by atoms with Crippen molar-refractivity contribution in [2.75, 3.05) is 13.2 Å². The Labute approximate surface area is 151 Å². The first-order valence-electron chi connectivity index (χ1n) is 9.69. The lowest BCUT2D eigenvalue weighted by molar-refractivity contribution is -0.301. The van der Waals surface area contributed by atoms with Crippen LogP contribution in [-0.2, 0) is 9.47 Å². The van der Waals surface area contributed by atoms with Crippen LogP contribution in [0.3, 0.4) is 0 Å². The van der Waals surface area contributed by atoms with Crippen LogP contribution in [0, 0.1) is 0 Å². The summed E-state index contributed by atoms with van der Waals surface area (Å²) in [7, 11) is 0. The SMILES string of the molecule is CCC/C=C/CCCCCCCCO[C@@H]1O[C@H](CO)[C@@H](O)[C@H](O)[C@H]1O. The summed E-state index contributed by atoms with van der Waals surface area (Å²) in [5, 5.41) is 38.3. The van der Waals surface area contributed by atoms with E-state index in [4.69, 9.17) is 14.6 Å². The third kappa shape index (κ3) is 8.62. The molecule has 1 rings (SSSR count). The lowest BCUT2D eigenvalue weighted by Crippen LogP contribution is -2.59. The fraction of sp³-hybridized carbons (Fsp3) is 0.895. The summed E-state index contributed by atoms with van der Waals surface area (Å²) in [6, 6.07) is 0. The van der Waals surface area contributed by atoms with Gasteiger partial charge >= 0.3 is 0 Å². The number of rotatable bonds is 13. The van der Waals surface area contributed by atoms with Crippen LogP contribution in [0.2, 0.25) is 0 Å². The maximum Gasteiger partial charge on any atom is 0.186 e. The quantitative estimate of drug-likeness (QED) is 0.296. The minimum atomic E-state index is -1.37. The summed E-state index contributed by atoms with van der Waals surface area (Å²) < 4.78 is 10.8. The van der Waals surface area contributed by atoms with Gasteiger partial charge in [0.05, 0.1) is 6.61 Å². The van der Waals surface area contributed by atoms with Crippen LogP contribution < -0.4 is 0 Å². The summed E-state index contributed by atoms with van der Waals surface area (Å²) in [5.41, 5.74) is 0. The summed E-state index contributed by atoms with van der Waals surface area (Å²) >= 11 is 0. The molecule has 0 spiro atoms. The number of hydrogen-bond donors (Lipinski definition) is 4. The average Bonchev–Trinajstić information content (AvgIpc) is 2.62. The Morgan fingerprint density at radius 1 is 0.840 bits per heavy atom. The first-order valence-corrected chi connectivity index (χ1v) is 9.69. The predicted molar refractivity (Wildman–Crippen MR) is 96.1 cm³/mol. The van der Waals surface area contributed by atoms with Gasteiger partial charge < -0.3 is 29.9 Å². The molecule has 0 amide bonds. The van der Waals surface area contributed by atoms with Crippen molar-refractivity contribution in [1.29, 1.82) is 0 Å². The lowest BCUT2D eigenvalue weighted by atomic mass is 9.99. The molecule has 1 aliphatic rings. The van der Waals surface area contributed by atoms with Crippen molar-refractivity contribution in [1.82, 2.24) is 0 Å². The zero-order valence-corrected chi connectivity index (χ0v) is 15.4. The van der Waals surface area contributed by atoms with Crippen LogP contribution in [0.4, 0.5) is 0 Å². The molecule has 0 aliphatic carbocycles. The van der Waals surface area contributed by atoms with Gasteiger partial charge in [-0.25, -0.2) is 0 Å². The van der Waals surface area contributed by atoms with Crippen molar-refractivity contribution in [2.45, 2.75) is 95.4 Å². The molecule has 0 bridgehead atoms. The van der Waals surface area contributed by atoms with Gasteiger partial charge in [0.2, 0.25) is 0 Å². The summed E-state index contributed by atoms with van der Waals surface area (Å²) in [6.07, 6.45) is 8.89. The van der Waals surface area contributed by atoms with Crippen molar-refractivity contribution in [3.63, 3.8) is 0 Å². The molecule has 0 aromatic rings. The van der Waals surface area contributed by atoms with Crippen molar-refractivity contribution in [3.8, 4) is 0 Å². The van der Waals surface area contributed by atoms with Gasteiger partial charge in [0.15, 0.2) is 6.29 Å². The average molecular weight is 360 g/mol. The molecule has 0 aromatic heterocycles. The Morgan fingerprint density at radius 3 is 2.16 bits per heavy atom. The van der Waals surface area contributed by atoms with Crippen LogP contribution >= 0.6 is 0 Å². The minimum absolute atomic E-state index is 0.419. The van der Waals surface area contributed by atoms with E-state index in [0.717, 1.165) is 19.3 Å². The molecule has 0 radical (unpaired) electrons. The molecule has 6 nitrogen and oxygen atoms in total. The van der Waals surface area contributed by atoms with E-state index < -0.39 is 37.3 Å². The highest BCUT2D eigenvalue weighted by molar-refractivity contribution is 4.88. The molecule has 148 valence electrons. The second-order valence-electron chi connectivity index (χ2n) is 6.74. The van der Waals surface area contributed by atoms with Gasteiger partial charge in [-0.3, -0.25) is 0 Å². The summed E-state index contributed by atoms with van der Waals surface area (Å²) in [4.78, 5) is 0. The van der Waals surface area contributed by atoms with Gasteiger partial charge in [0.1, 0.15) is 24.4 Å². The van der Waals surface area contributed by atoms with E-state index in [-0.39, 0.29) is 0 Å². The third-order valence-corrected chi connectivity index (χ3v) is 4.52. The molecule has 1 aliphatic heterocycles. The van der Waals surface area contributed by atoms with Gasteiger partial charge in [-0.1, -0.05) is 51.2 Å². The van der Waals surface area contributed by atoms with Crippen LogP contribution in [0.1, 0.15) is 64.7 Å². The first kappa shape index (κ1) is 22.5. The van der Waals surface area contributed by atoms with Gasteiger partial charge in [-0.2, -0.15) is 0 Å². The molecule has 5 atom stereocenters. The summed E-state index contributed by atoms with van der Waals surface area (Å²) in [5.74, 6) is 0. The number of allylic oxidation sites excluding steroid dienone is 2. The minimum Gasteiger partial charge on any atom is -0.394 e. The van der Waals surface area contributed by atoms with E-state index in [1.54, 1.807) is 0 Å². The number of ether oxygens (including phenoxy) is 2. The maximum atomic E-state index is 9.85. The Balaban J connectivity index is 2.02. The standard InChI is InChI=1S/C19H36O6/c1-2-3-4-5-6-7-8-9-10-11-12-13-24-19-18(23)17(22)16(21)15(14-20)25-19/h4-5,15-23H,2-3,6-14H2,1H3/b5-4+/t15-,16-,17+,18-,19-/m1/s1. The molecule has 0 saturated carbocycles. The first-order chi connectivity index (χ1) is 12.1. The fourth-order valence-corrected chi connectivity index (χ4v) is 2.88. The van der Waals surface area contributed by atoms with Crippen molar-refractivity contribution < 1.29 is 29.9 Å². The third-order valence-electron chi connectivity index (χ3n) is 4.52. The molecule has 1 heterocycles. The molecule has 4 N–H and O–H groups in total. The van der Waals surface area contributed by atoms with Crippen molar-refractivity contribution in [2.24, 2.45) is 0 Å². The van der Waals surface area contributed by atoms with Gasteiger partial charge in [-0.05, 0) is 25.7 Å². The molecule has 6 heteroatoms. The molecule has 1 saturated heterocycles. The van der Waals surface area contributed by atoms with Crippen LogP contribution in [-0.4, -0.2) is 64.3 Å². The molecule has 25 heavy (non-hydrogen) atoms. The predicted octanol–water partition coefficient (Wildman–Crippen LogP) is 1.89. The molecule has 0 unspecified atom stereocenters. The van der Waals surface area contributed by atoms with Crippen molar-refractivity contribution >= 4 is 0 Å². The van der Waals surface area contributed by atoms with E-state index in [2.05, 4.69) is 19.1 Å². The van der Waals surface area contributed by atoms with E-state index in [0.29, 0.717) is 6.61 Å². The molecular weight excluding hydrogens is 324 g/mol. The Bertz CT molecular complexity index is 347. The number of aliphatic hydroxyl groups excluding tert-OH is 4. The lowest BCUT2D eigenvalue weighted by Gasteiger charge is -2.39. The zero-order valence-electron chi connectivity index (χ0n) is 15.4. The van der Waals surface area contributed by atoms with Crippen LogP contribution in [0.25, 0.3) is 0 Å². The van der Waals surface area contributed by atoms with E-state index in [1.807, 2.05) is 0 Å². The normalized spacial score (nSPS) is 30.2. The Morgan fingerprint density at radius 2 is 1.48 bits per heavy atom. The second-order valence-corrected chi connectivity index (χ2v) is 6.74. The van der Waals surface area contributed by atoms with Gasteiger partial charge in [0, 0.05) is 6.61 Å². The van der Waals surface area contributed by atoms with Crippen LogP contribution in [0.15, 0.2) is 12.2 Å². The van der Waals surface area contributed by atoms with Gasteiger partial charge in [-0.15, -0.1) is 0 Å². The maximum absolute atomic E-state index is 9.85. The molecular formula is C19H36O6.